The molecule has 1 fully saturated rings. The lowest BCUT2D eigenvalue weighted by Crippen LogP contribution is -2.45. The lowest BCUT2D eigenvalue weighted by molar-refractivity contribution is -0.138. The number of amides is 1. The van der Waals surface area contributed by atoms with Crippen molar-refractivity contribution in [1.29, 1.82) is 0 Å². The van der Waals surface area contributed by atoms with Crippen molar-refractivity contribution in [2.45, 2.75) is 39.2 Å². The van der Waals surface area contributed by atoms with E-state index < -0.39 is 0 Å². The number of hydrogen-bond donors (Lipinski definition) is 1. The van der Waals surface area contributed by atoms with E-state index >= 15 is 0 Å². The molecule has 5 nitrogen and oxygen atoms in total. The number of piperidine rings is 1. The lowest BCUT2D eigenvalue weighted by Gasteiger charge is -2.35. The van der Waals surface area contributed by atoms with Crippen LogP contribution in [0.2, 0.25) is 0 Å². The monoisotopic (exact) mass is 290 g/mol. The fourth-order valence-corrected chi connectivity index (χ4v) is 3.53. The van der Waals surface area contributed by atoms with E-state index in [2.05, 4.69) is 26.7 Å². The number of aryl methyl sites for hydroxylation is 1. The highest BCUT2D eigenvalue weighted by Crippen LogP contribution is 2.24. The Kier molecular flexibility index (Phi) is 4.58. The van der Waals surface area contributed by atoms with Gasteiger partial charge in [0.25, 0.3) is 0 Å². The zero-order valence-electron chi connectivity index (χ0n) is 12.9. The van der Waals surface area contributed by atoms with E-state index in [-0.39, 0.29) is 5.92 Å². The van der Waals surface area contributed by atoms with Crippen molar-refractivity contribution >= 4 is 5.91 Å². The minimum atomic E-state index is 0.150. The first-order chi connectivity index (χ1) is 10.3. The standard InChI is InChI=1S/C16H26N4O/c1-2-17-11-13-5-8-19(9-6-13)16(21)14-3-4-15-18-7-10-20(15)12-14/h7,10,13-14,17H,2-6,8-9,11-12H2,1H3. The zero-order valence-corrected chi connectivity index (χ0v) is 12.9. The highest BCUT2D eigenvalue weighted by molar-refractivity contribution is 5.79. The van der Waals surface area contributed by atoms with Crippen LogP contribution in [-0.2, 0) is 17.8 Å². The summed E-state index contributed by atoms with van der Waals surface area (Å²) >= 11 is 0. The van der Waals surface area contributed by atoms with Gasteiger partial charge in [-0.05, 0) is 38.3 Å². The summed E-state index contributed by atoms with van der Waals surface area (Å²) in [6.45, 7) is 6.96. The highest BCUT2D eigenvalue weighted by Gasteiger charge is 2.30. The molecular weight excluding hydrogens is 264 g/mol. The molecule has 0 saturated carbocycles. The molecule has 2 aliphatic rings. The number of fused-ring (bicyclic) bond motifs is 1. The molecule has 1 amide bonds. The Bertz CT molecular complexity index is 476. The van der Waals surface area contributed by atoms with Crippen molar-refractivity contribution < 1.29 is 4.79 Å². The van der Waals surface area contributed by atoms with Crippen LogP contribution in [0.3, 0.4) is 0 Å². The van der Waals surface area contributed by atoms with Gasteiger partial charge in [0.05, 0.1) is 5.92 Å². The van der Waals surface area contributed by atoms with E-state index in [1.54, 1.807) is 0 Å². The van der Waals surface area contributed by atoms with Crippen molar-refractivity contribution in [3.63, 3.8) is 0 Å². The summed E-state index contributed by atoms with van der Waals surface area (Å²) in [5, 5.41) is 3.42. The average Bonchev–Trinajstić information content (AvgIpc) is 3.00. The second-order valence-electron chi connectivity index (χ2n) is 6.31. The van der Waals surface area contributed by atoms with Crippen LogP contribution in [-0.4, -0.2) is 46.5 Å². The highest BCUT2D eigenvalue weighted by atomic mass is 16.2. The van der Waals surface area contributed by atoms with Crippen LogP contribution in [0.5, 0.6) is 0 Å². The average molecular weight is 290 g/mol. The molecule has 1 aromatic rings. The van der Waals surface area contributed by atoms with E-state index in [0.29, 0.717) is 5.91 Å². The number of imidazole rings is 1. The third-order valence-electron chi connectivity index (χ3n) is 4.89. The molecule has 3 rings (SSSR count). The molecular formula is C16H26N4O. The molecule has 1 saturated heterocycles. The van der Waals surface area contributed by atoms with Gasteiger partial charge in [0.15, 0.2) is 0 Å². The first-order valence-corrected chi connectivity index (χ1v) is 8.27. The number of aromatic nitrogens is 2. The van der Waals surface area contributed by atoms with E-state index in [4.69, 9.17) is 0 Å². The first-order valence-electron chi connectivity index (χ1n) is 8.27. The molecule has 0 aromatic carbocycles. The van der Waals surface area contributed by atoms with Crippen molar-refractivity contribution in [2.24, 2.45) is 11.8 Å². The molecule has 3 heterocycles. The van der Waals surface area contributed by atoms with E-state index in [0.717, 1.165) is 70.1 Å². The largest absolute Gasteiger partial charge is 0.342 e. The van der Waals surface area contributed by atoms with Gasteiger partial charge in [-0.15, -0.1) is 0 Å². The van der Waals surface area contributed by atoms with Gasteiger partial charge in [-0.3, -0.25) is 4.79 Å². The topological polar surface area (TPSA) is 50.2 Å². The van der Waals surface area contributed by atoms with E-state index in [1.807, 2.05) is 12.4 Å². The predicted octanol–water partition coefficient (Wildman–Crippen LogP) is 1.29. The van der Waals surface area contributed by atoms with Crippen LogP contribution < -0.4 is 5.32 Å². The molecule has 1 atom stereocenters. The second-order valence-corrected chi connectivity index (χ2v) is 6.31. The van der Waals surface area contributed by atoms with Gasteiger partial charge in [-0.2, -0.15) is 0 Å². The summed E-state index contributed by atoms with van der Waals surface area (Å²) in [6.07, 6.45) is 8.00. The Hall–Kier alpha value is -1.36. The van der Waals surface area contributed by atoms with Gasteiger partial charge in [0.2, 0.25) is 5.91 Å². The summed E-state index contributed by atoms with van der Waals surface area (Å²) in [6, 6.07) is 0. The van der Waals surface area contributed by atoms with Crippen LogP contribution in [0.25, 0.3) is 0 Å². The van der Waals surface area contributed by atoms with Crippen molar-refractivity contribution in [2.75, 3.05) is 26.2 Å². The van der Waals surface area contributed by atoms with Crippen LogP contribution in [0.4, 0.5) is 0 Å². The molecule has 0 bridgehead atoms. The molecule has 0 aliphatic carbocycles. The maximum absolute atomic E-state index is 12.7. The van der Waals surface area contributed by atoms with E-state index in [1.165, 1.54) is 0 Å². The molecule has 2 aliphatic heterocycles. The van der Waals surface area contributed by atoms with Gasteiger partial charge in [0, 0.05) is 38.4 Å². The molecule has 116 valence electrons. The molecule has 0 spiro atoms. The number of likely N-dealkylation sites (tertiary alicyclic amines) is 1. The summed E-state index contributed by atoms with van der Waals surface area (Å²) in [5.74, 6) is 2.37. The van der Waals surface area contributed by atoms with Crippen molar-refractivity contribution in [3.05, 3.63) is 18.2 Å². The number of rotatable bonds is 4. The number of hydrogen-bond acceptors (Lipinski definition) is 3. The Morgan fingerprint density at radius 3 is 2.95 bits per heavy atom. The summed E-state index contributed by atoms with van der Waals surface area (Å²) in [7, 11) is 0. The third-order valence-corrected chi connectivity index (χ3v) is 4.89. The number of carbonyl (C=O) groups is 1. The van der Waals surface area contributed by atoms with E-state index in [9.17, 15) is 4.79 Å². The molecule has 0 radical (unpaired) electrons. The smallest absolute Gasteiger partial charge is 0.227 e. The third kappa shape index (κ3) is 3.28. The molecule has 1 unspecified atom stereocenters. The number of nitrogens with one attached hydrogen (secondary N) is 1. The summed E-state index contributed by atoms with van der Waals surface area (Å²) in [4.78, 5) is 19.1. The van der Waals surface area contributed by atoms with Crippen molar-refractivity contribution in [3.8, 4) is 0 Å². The minimum Gasteiger partial charge on any atom is -0.342 e. The quantitative estimate of drug-likeness (QED) is 0.909. The molecule has 1 N–H and O–H groups in total. The fourth-order valence-electron chi connectivity index (χ4n) is 3.53. The summed E-state index contributed by atoms with van der Waals surface area (Å²) < 4.78 is 2.14. The fraction of sp³-hybridized carbons (Fsp3) is 0.750. The molecule has 1 aromatic heterocycles. The van der Waals surface area contributed by atoms with Crippen LogP contribution >= 0.6 is 0 Å². The van der Waals surface area contributed by atoms with Crippen molar-refractivity contribution in [1.82, 2.24) is 19.8 Å². The van der Waals surface area contributed by atoms with Gasteiger partial charge >= 0.3 is 0 Å². The van der Waals surface area contributed by atoms with Crippen LogP contribution in [0.1, 0.15) is 32.0 Å². The SMILES string of the molecule is CCNCC1CCN(C(=O)C2CCc3nccn3C2)CC1. The van der Waals surface area contributed by atoms with Crippen LogP contribution in [0, 0.1) is 11.8 Å². The molecule has 21 heavy (non-hydrogen) atoms. The Morgan fingerprint density at radius 2 is 2.19 bits per heavy atom. The molecule has 5 heteroatoms. The zero-order chi connectivity index (χ0) is 14.7. The van der Waals surface area contributed by atoms with Gasteiger partial charge < -0.3 is 14.8 Å². The first kappa shape index (κ1) is 14.6. The van der Waals surface area contributed by atoms with Gasteiger partial charge in [0.1, 0.15) is 5.82 Å². The number of nitrogens with zero attached hydrogens (tertiary/aromatic N) is 3. The minimum absolute atomic E-state index is 0.150. The van der Waals surface area contributed by atoms with Gasteiger partial charge in [-0.1, -0.05) is 6.92 Å². The normalized spacial score (nSPS) is 23.1. The number of carbonyl (C=O) groups excluding carboxylic acids is 1. The lowest BCUT2D eigenvalue weighted by atomic mass is 9.93. The maximum atomic E-state index is 12.7. The Morgan fingerprint density at radius 1 is 1.38 bits per heavy atom. The van der Waals surface area contributed by atoms with Gasteiger partial charge in [-0.25, -0.2) is 4.98 Å². The maximum Gasteiger partial charge on any atom is 0.227 e. The Labute approximate surface area is 126 Å². The Balaban J connectivity index is 1.51. The van der Waals surface area contributed by atoms with Crippen LogP contribution in [0.15, 0.2) is 12.4 Å². The second kappa shape index (κ2) is 6.60. The predicted molar refractivity (Wildman–Crippen MR) is 81.9 cm³/mol. The summed E-state index contributed by atoms with van der Waals surface area (Å²) in [5.41, 5.74) is 0.